The van der Waals surface area contributed by atoms with Gasteiger partial charge in [-0.3, -0.25) is 0 Å². The van der Waals surface area contributed by atoms with Gasteiger partial charge in [-0.1, -0.05) is 20.8 Å². The molecule has 0 fully saturated rings. The van der Waals surface area contributed by atoms with Crippen LogP contribution in [0.15, 0.2) is 0 Å². The standard InChI is InChI=1S/C15H26IN3O/c1-6-8-17-15-13(16)12(9-10(3)4)18-14(19-15)11(5)20-7-2/h10-11H,6-9H2,1-5H3,(H,17,18,19). The summed E-state index contributed by atoms with van der Waals surface area (Å²) in [5, 5.41) is 3.40. The van der Waals surface area contributed by atoms with Crippen molar-refractivity contribution in [3.63, 3.8) is 0 Å². The summed E-state index contributed by atoms with van der Waals surface area (Å²) in [4.78, 5) is 9.36. The molecule has 0 saturated carbocycles. The fourth-order valence-electron chi connectivity index (χ4n) is 1.90. The molecule has 0 aromatic carbocycles. The van der Waals surface area contributed by atoms with Gasteiger partial charge in [0.2, 0.25) is 0 Å². The summed E-state index contributed by atoms with van der Waals surface area (Å²) >= 11 is 2.35. The second kappa shape index (κ2) is 8.77. The zero-order valence-electron chi connectivity index (χ0n) is 13.2. The number of anilines is 1. The van der Waals surface area contributed by atoms with Crippen LogP contribution in [0.2, 0.25) is 0 Å². The van der Waals surface area contributed by atoms with Crippen molar-refractivity contribution in [3.8, 4) is 0 Å². The van der Waals surface area contributed by atoms with E-state index in [1.54, 1.807) is 0 Å². The van der Waals surface area contributed by atoms with Crippen molar-refractivity contribution >= 4 is 28.4 Å². The Morgan fingerprint density at radius 2 is 1.90 bits per heavy atom. The van der Waals surface area contributed by atoms with Crippen LogP contribution in [0.4, 0.5) is 5.82 Å². The lowest BCUT2D eigenvalue weighted by molar-refractivity contribution is 0.0699. The highest BCUT2D eigenvalue weighted by Crippen LogP contribution is 2.24. The van der Waals surface area contributed by atoms with Crippen molar-refractivity contribution in [2.45, 2.75) is 53.6 Å². The van der Waals surface area contributed by atoms with Gasteiger partial charge in [0.25, 0.3) is 0 Å². The van der Waals surface area contributed by atoms with Gasteiger partial charge >= 0.3 is 0 Å². The van der Waals surface area contributed by atoms with Gasteiger partial charge in [-0.2, -0.15) is 0 Å². The van der Waals surface area contributed by atoms with Gasteiger partial charge < -0.3 is 10.1 Å². The van der Waals surface area contributed by atoms with E-state index in [9.17, 15) is 0 Å². The lowest BCUT2D eigenvalue weighted by Crippen LogP contribution is -2.14. The molecule has 1 unspecified atom stereocenters. The molecule has 0 amide bonds. The first-order chi connectivity index (χ1) is 9.49. The Morgan fingerprint density at radius 1 is 1.20 bits per heavy atom. The molecular formula is C15H26IN3O. The summed E-state index contributed by atoms with van der Waals surface area (Å²) in [6, 6.07) is 0. The molecule has 114 valence electrons. The van der Waals surface area contributed by atoms with Gasteiger partial charge in [0, 0.05) is 13.2 Å². The first kappa shape index (κ1) is 17.6. The molecule has 1 heterocycles. The Hall–Kier alpha value is -0.430. The normalized spacial score (nSPS) is 12.8. The Balaban J connectivity index is 3.11. The second-order valence-corrected chi connectivity index (χ2v) is 6.39. The molecule has 1 N–H and O–H groups in total. The number of nitrogens with zero attached hydrogens (tertiary/aromatic N) is 2. The number of hydrogen-bond acceptors (Lipinski definition) is 4. The minimum Gasteiger partial charge on any atom is -0.371 e. The second-order valence-electron chi connectivity index (χ2n) is 5.31. The van der Waals surface area contributed by atoms with Gasteiger partial charge in [-0.05, 0) is 55.2 Å². The van der Waals surface area contributed by atoms with E-state index in [2.05, 4.69) is 53.7 Å². The minimum atomic E-state index is -0.0647. The van der Waals surface area contributed by atoms with E-state index >= 15 is 0 Å². The maximum absolute atomic E-state index is 5.63. The molecular weight excluding hydrogens is 365 g/mol. The van der Waals surface area contributed by atoms with Gasteiger partial charge in [-0.25, -0.2) is 9.97 Å². The molecule has 0 radical (unpaired) electrons. The van der Waals surface area contributed by atoms with Crippen LogP contribution in [0.1, 0.15) is 58.7 Å². The third kappa shape index (κ3) is 5.16. The smallest absolute Gasteiger partial charge is 0.159 e. The summed E-state index contributed by atoms with van der Waals surface area (Å²) < 4.78 is 6.77. The molecule has 4 nitrogen and oxygen atoms in total. The number of ether oxygens (including phenoxy) is 1. The molecule has 0 saturated heterocycles. The highest BCUT2D eigenvalue weighted by Gasteiger charge is 2.17. The first-order valence-corrected chi connectivity index (χ1v) is 8.49. The zero-order valence-corrected chi connectivity index (χ0v) is 15.3. The van der Waals surface area contributed by atoms with E-state index < -0.39 is 0 Å². The molecule has 5 heteroatoms. The lowest BCUT2D eigenvalue weighted by Gasteiger charge is -2.17. The van der Waals surface area contributed by atoms with Gasteiger partial charge in [0.15, 0.2) is 5.82 Å². The predicted molar refractivity (Wildman–Crippen MR) is 92.1 cm³/mol. The topological polar surface area (TPSA) is 47.0 Å². The minimum absolute atomic E-state index is 0.0647. The molecule has 20 heavy (non-hydrogen) atoms. The fourth-order valence-corrected chi connectivity index (χ4v) is 2.55. The van der Waals surface area contributed by atoms with Crippen molar-refractivity contribution in [2.24, 2.45) is 5.92 Å². The quantitative estimate of drug-likeness (QED) is 0.675. The first-order valence-electron chi connectivity index (χ1n) is 7.41. The van der Waals surface area contributed by atoms with Crippen LogP contribution in [0.25, 0.3) is 0 Å². The van der Waals surface area contributed by atoms with E-state index in [0.29, 0.717) is 12.5 Å². The predicted octanol–water partition coefficient (Wildman–Crippen LogP) is 4.20. The third-order valence-electron chi connectivity index (χ3n) is 2.86. The van der Waals surface area contributed by atoms with E-state index in [1.165, 1.54) is 0 Å². The highest BCUT2D eigenvalue weighted by atomic mass is 127. The van der Waals surface area contributed by atoms with Crippen LogP contribution in [0.3, 0.4) is 0 Å². The number of nitrogens with one attached hydrogen (secondary N) is 1. The van der Waals surface area contributed by atoms with Gasteiger partial charge in [0.05, 0.1) is 9.26 Å². The summed E-state index contributed by atoms with van der Waals surface area (Å²) in [6.45, 7) is 12.2. The maximum atomic E-state index is 5.63. The summed E-state index contributed by atoms with van der Waals surface area (Å²) in [5.41, 5.74) is 1.12. The summed E-state index contributed by atoms with van der Waals surface area (Å²) in [5.74, 6) is 2.30. The van der Waals surface area contributed by atoms with Crippen LogP contribution in [0, 0.1) is 9.49 Å². The SMILES string of the molecule is CCCNc1nc(C(C)OCC)nc(CC(C)C)c1I. The summed E-state index contributed by atoms with van der Waals surface area (Å²) in [7, 11) is 0. The molecule has 0 aliphatic carbocycles. The molecule has 1 aromatic rings. The van der Waals surface area contributed by atoms with Gasteiger partial charge in [0.1, 0.15) is 11.9 Å². The highest BCUT2D eigenvalue weighted by molar-refractivity contribution is 14.1. The van der Waals surface area contributed by atoms with Crippen LogP contribution in [-0.2, 0) is 11.2 Å². The van der Waals surface area contributed by atoms with E-state index in [-0.39, 0.29) is 6.10 Å². The Bertz CT molecular complexity index is 424. The summed E-state index contributed by atoms with van der Waals surface area (Å²) in [6.07, 6.45) is 1.98. The van der Waals surface area contributed by atoms with Crippen molar-refractivity contribution in [2.75, 3.05) is 18.5 Å². The lowest BCUT2D eigenvalue weighted by atomic mass is 10.1. The largest absolute Gasteiger partial charge is 0.371 e. The molecule has 1 atom stereocenters. The Morgan fingerprint density at radius 3 is 2.45 bits per heavy atom. The maximum Gasteiger partial charge on any atom is 0.159 e. The van der Waals surface area contributed by atoms with Crippen molar-refractivity contribution in [1.29, 1.82) is 0 Å². The van der Waals surface area contributed by atoms with Crippen LogP contribution >= 0.6 is 22.6 Å². The van der Waals surface area contributed by atoms with Crippen LogP contribution < -0.4 is 5.32 Å². The van der Waals surface area contributed by atoms with Crippen molar-refractivity contribution < 1.29 is 4.74 Å². The molecule has 0 bridgehead atoms. The molecule has 0 spiro atoms. The average Bonchev–Trinajstić information content (AvgIpc) is 2.39. The Labute approximate surface area is 136 Å². The fraction of sp³-hybridized carbons (Fsp3) is 0.733. The van der Waals surface area contributed by atoms with Crippen molar-refractivity contribution in [1.82, 2.24) is 9.97 Å². The number of rotatable bonds is 8. The van der Waals surface area contributed by atoms with Crippen LogP contribution in [0.5, 0.6) is 0 Å². The monoisotopic (exact) mass is 391 g/mol. The molecule has 0 aliphatic rings. The molecule has 0 aliphatic heterocycles. The molecule has 1 rings (SSSR count). The van der Waals surface area contributed by atoms with E-state index in [4.69, 9.17) is 9.72 Å². The van der Waals surface area contributed by atoms with Crippen LogP contribution in [-0.4, -0.2) is 23.1 Å². The third-order valence-corrected chi connectivity index (χ3v) is 3.99. The Kier molecular flexibility index (Phi) is 7.72. The average molecular weight is 391 g/mol. The number of halogens is 1. The number of aromatic nitrogens is 2. The van der Waals surface area contributed by atoms with E-state index in [1.807, 2.05) is 13.8 Å². The zero-order chi connectivity index (χ0) is 15.1. The van der Waals surface area contributed by atoms with Gasteiger partial charge in [-0.15, -0.1) is 0 Å². The van der Waals surface area contributed by atoms with Crippen molar-refractivity contribution in [3.05, 3.63) is 15.1 Å². The van der Waals surface area contributed by atoms with E-state index in [0.717, 1.165) is 40.3 Å². The number of hydrogen-bond donors (Lipinski definition) is 1. The molecule has 1 aromatic heterocycles.